The van der Waals surface area contributed by atoms with E-state index in [1.165, 1.54) is 11.8 Å². The molecule has 0 saturated carbocycles. The molecule has 0 aliphatic heterocycles. The van der Waals surface area contributed by atoms with Crippen LogP contribution in [0.15, 0.2) is 48.7 Å². The molecule has 0 amide bonds. The second kappa shape index (κ2) is 6.20. The van der Waals surface area contributed by atoms with Crippen LogP contribution >= 0.6 is 0 Å². The number of hydrogen-bond donors (Lipinski definition) is 1. The quantitative estimate of drug-likeness (QED) is 0.739. The number of ether oxygens (including phenoxy) is 1. The predicted octanol–water partition coefficient (Wildman–Crippen LogP) is 4.91. The fourth-order valence-corrected chi connectivity index (χ4v) is 2.83. The molecular weight excluding hydrogens is 314 g/mol. The van der Waals surface area contributed by atoms with Gasteiger partial charge in [0.2, 0.25) is 0 Å². The molecule has 0 atom stereocenters. The van der Waals surface area contributed by atoms with Crippen molar-refractivity contribution in [3.05, 3.63) is 59.8 Å². The van der Waals surface area contributed by atoms with Crippen molar-refractivity contribution in [3.63, 3.8) is 0 Å². The van der Waals surface area contributed by atoms with Gasteiger partial charge in [0.1, 0.15) is 5.75 Å². The lowest BCUT2D eigenvalue weighted by Crippen LogP contribution is -2.10. The zero-order valence-electron chi connectivity index (χ0n) is 14.8. The first-order valence-corrected chi connectivity index (χ1v) is 8.11. The monoisotopic (exact) mass is 335 g/mol. The molecule has 4 heteroatoms. The summed E-state index contributed by atoms with van der Waals surface area (Å²) < 4.78 is 5.39. The Balaban J connectivity index is 2.19. The average Bonchev–Trinajstić information content (AvgIpc) is 2.59. The highest BCUT2D eigenvalue weighted by atomic mass is 16.5. The third-order valence-electron chi connectivity index (χ3n) is 4.30. The van der Waals surface area contributed by atoms with E-state index in [0.29, 0.717) is 5.75 Å². The van der Waals surface area contributed by atoms with Crippen molar-refractivity contribution in [2.45, 2.75) is 26.2 Å². The normalized spacial score (nSPS) is 11.5. The Labute approximate surface area is 147 Å². The minimum Gasteiger partial charge on any atom is -0.497 e. The molecule has 0 unspecified atom stereocenters. The zero-order chi connectivity index (χ0) is 18.2. The number of methoxy groups -OCH3 is 1. The van der Waals surface area contributed by atoms with Crippen molar-refractivity contribution in [2.75, 3.05) is 7.11 Å². The SMILES string of the molecule is COc1cc(-c2ccc(C(C)(C)C)cc2)c2ncc(C(=O)O)cc2c1. The summed E-state index contributed by atoms with van der Waals surface area (Å²) in [5.74, 6) is -0.319. The Morgan fingerprint density at radius 2 is 1.76 bits per heavy atom. The molecule has 25 heavy (non-hydrogen) atoms. The minimum atomic E-state index is -0.992. The lowest BCUT2D eigenvalue weighted by Gasteiger charge is -2.19. The van der Waals surface area contributed by atoms with Gasteiger partial charge in [0.05, 0.1) is 18.2 Å². The first-order valence-electron chi connectivity index (χ1n) is 8.11. The number of fused-ring (bicyclic) bond motifs is 1. The number of carbonyl (C=O) groups is 1. The molecule has 1 N–H and O–H groups in total. The maximum atomic E-state index is 11.2. The van der Waals surface area contributed by atoms with Gasteiger partial charge in [-0.3, -0.25) is 4.98 Å². The Morgan fingerprint density at radius 1 is 1.08 bits per heavy atom. The standard InChI is InChI=1S/C21H21NO3/c1-21(2,3)16-7-5-13(6-8-16)18-11-17(25-4)10-14-9-15(20(23)24)12-22-19(14)18/h5-12H,1-4H3,(H,23,24). The number of carboxylic acid groups (broad SMARTS) is 1. The molecule has 0 spiro atoms. The highest BCUT2D eigenvalue weighted by molar-refractivity contribution is 5.99. The molecule has 0 radical (unpaired) electrons. The van der Waals surface area contributed by atoms with Crippen molar-refractivity contribution in [1.29, 1.82) is 0 Å². The van der Waals surface area contributed by atoms with Gasteiger partial charge >= 0.3 is 5.97 Å². The summed E-state index contributed by atoms with van der Waals surface area (Å²) in [5.41, 5.74) is 4.21. The molecule has 128 valence electrons. The predicted molar refractivity (Wildman–Crippen MR) is 99.4 cm³/mol. The van der Waals surface area contributed by atoms with Crippen LogP contribution in [0, 0.1) is 0 Å². The number of rotatable bonds is 3. The molecular formula is C21H21NO3. The van der Waals surface area contributed by atoms with Crippen molar-refractivity contribution in [2.24, 2.45) is 0 Å². The zero-order valence-corrected chi connectivity index (χ0v) is 14.8. The van der Waals surface area contributed by atoms with Crippen LogP contribution in [0.5, 0.6) is 5.75 Å². The number of hydrogen-bond acceptors (Lipinski definition) is 3. The van der Waals surface area contributed by atoms with Crippen LogP contribution in [0.1, 0.15) is 36.7 Å². The molecule has 0 aliphatic carbocycles. The smallest absolute Gasteiger partial charge is 0.337 e. The van der Waals surface area contributed by atoms with E-state index in [1.807, 2.05) is 12.1 Å². The summed E-state index contributed by atoms with van der Waals surface area (Å²) in [6.45, 7) is 6.54. The van der Waals surface area contributed by atoms with Crippen molar-refractivity contribution in [1.82, 2.24) is 4.98 Å². The second-order valence-electron chi connectivity index (χ2n) is 7.10. The topological polar surface area (TPSA) is 59.4 Å². The Bertz CT molecular complexity index is 938. The summed E-state index contributed by atoms with van der Waals surface area (Å²) in [7, 11) is 1.60. The van der Waals surface area contributed by atoms with Gasteiger partial charge in [-0.15, -0.1) is 0 Å². The Hall–Kier alpha value is -2.88. The van der Waals surface area contributed by atoms with Crippen LogP contribution in [-0.2, 0) is 5.41 Å². The lowest BCUT2D eigenvalue weighted by atomic mass is 9.86. The first kappa shape index (κ1) is 17.0. The summed E-state index contributed by atoms with van der Waals surface area (Å²) in [5, 5.41) is 9.94. The minimum absolute atomic E-state index is 0.0869. The summed E-state index contributed by atoms with van der Waals surface area (Å²) in [6, 6.07) is 13.7. The summed E-state index contributed by atoms with van der Waals surface area (Å²) in [4.78, 5) is 15.6. The van der Waals surface area contributed by atoms with Gasteiger partial charge in [0, 0.05) is 17.1 Å². The number of aromatic nitrogens is 1. The molecule has 2 aromatic carbocycles. The van der Waals surface area contributed by atoms with E-state index in [-0.39, 0.29) is 11.0 Å². The van der Waals surface area contributed by atoms with Crippen LogP contribution in [0.3, 0.4) is 0 Å². The van der Waals surface area contributed by atoms with Crippen LogP contribution in [0.2, 0.25) is 0 Å². The fraction of sp³-hybridized carbons (Fsp3) is 0.238. The van der Waals surface area contributed by atoms with Gasteiger partial charge in [-0.2, -0.15) is 0 Å². The number of benzene rings is 2. The van der Waals surface area contributed by atoms with Gasteiger partial charge in [-0.05, 0) is 34.7 Å². The summed E-state index contributed by atoms with van der Waals surface area (Å²) >= 11 is 0. The second-order valence-corrected chi connectivity index (χ2v) is 7.10. The highest BCUT2D eigenvalue weighted by Gasteiger charge is 2.15. The number of pyridine rings is 1. The van der Waals surface area contributed by atoms with E-state index < -0.39 is 5.97 Å². The van der Waals surface area contributed by atoms with E-state index in [2.05, 4.69) is 50.0 Å². The first-order chi connectivity index (χ1) is 11.8. The van der Waals surface area contributed by atoms with Crippen LogP contribution in [0.25, 0.3) is 22.0 Å². The summed E-state index contributed by atoms with van der Waals surface area (Å²) in [6.07, 6.45) is 1.39. The number of aromatic carboxylic acids is 1. The highest BCUT2D eigenvalue weighted by Crippen LogP contribution is 2.33. The molecule has 1 aromatic heterocycles. The van der Waals surface area contributed by atoms with E-state index in [1.54, 1.807) is 13.2 Å². The van der Waals surface area contributed by atoms with Gasteiger partial charge in [0.25, 0.3) is 0 Å². The van der Waals surface area contributed by atoms with E-state index in [4.69, 9.17) is 4.74 Å². The maximum absolute atomic E-state index is 11.2. The Morgan fingerprint density at radius 3 is 2.32 bits per heavy atom. The van der Waals surface area contributed by atoms with E-state index >= 15 is 0 Å². The van der Waals surface area contributed by atoms with Gasteiger partial charge in [-0.25, -0.2) is 4.79 Å². The molecule has 0 fully saturated rings. The molecule has 3 aromatic rings. The van der Waals surface area contributed by atoms with Gasteiger partial charge in [0.15, 0.2) is 0 Å². The maximum Gasteiger partial charge on any atom is 0.337 e. The van der Waals surface area contributed by atoms with E-state index in [9.17, 15) is 9.90 Å². The van der Waals surface area contributed by atoms with Crippen LogP contribution < -0.4 is 4.74 Å². The van der Waals surface area contributed by atoms with Crippen LogP contribution in [-0.4, -0.2) is 23.2 Å². The molecule has 3 rings (SSSR count). The van der Waals surface area contributed by atoms with Gasteiger partial charge < -0.3 is 9.84 Å². The van der Waals surface area contributed by atoms with Crippen LogP contribution in [0.4, 0.5) is 0 Å². The molecule has 4 nitrogen and oxygen atoms in total. The third-order valence-corrected chi connectivity index (χ3v) is 4.30. The molecule has 0 aliphatic rings. The lowest BCUT2D eigenvalue weighted by molar-refractivity contribution is 0.0696. The van der Waals surface area contributed by atoms with E-state index in [0.717, 1.165) is 22.0 Å². The van der Waals surface area contributed by atoms with Crippen molar-refractivity contribution >= 4 is 16.9 Å². The van der Waals surface area contributed by atoms with Gasteiger partial charge in [-0.1, -0.05) is 45.0 Å². The number of carboxylic acids is 1. The van der Waals surface area contributed by atoms with Crippen molar-refractivity contribution < 1.29 is 14.6 Å². The molecule has 1 heterocycles. The molecule has 0 saturated heterocycles. The van der Waals surface area contributed by atoms with Crippen molar-refractivity contribution in [3.8, 4) is 16.9 Å². The number of nitrogens with zero attached hydrogens (tertiary/aromatic N) is 1. The Kier molecular flexibility index (Phi) is 4.21. The average molecular weight is 335 g/mol. The third kappa shape index (κ3) is 3.33. The fourth-order valence-electron chi connectivity index (χ4n) is 2.83. The molecule has 0 bridgehead atoms. The largest absolute Gasteiger partial charge is 0.497 e.